The zero-order valence-corrected chi connectivity index (χ0v) is 10.4. The van der Waals surface area contributed by atoms with E-state index in [0.29, 0.717) is 25.9 Å². The summed E-state index contributed by atoms with van der Waals surface area (Å²) in [5.74, 6) is 0. The summed E-state index contributed by atoms with van der Waals surface area (Å²) in [7, 11) is 1.69. The third-order valence-electron chi connectivity index (χ3n) is 3.17. The van der Waals surface area contributed by atoms with Crippen LogP contribution in [-0.4, -0.2) is 62.7 Å². The first-order valence-electron chi connectivity index (χ1n) is 6.30. The van der Waals surface area contributed by atoms with Crippen molar-refractivity contribution in [3.05, 3.63) is 0 Å². The SMILES string of the molecule is COCCOCCN1CCCCC1CCO. The second-order valence-electron chi connectivity index (χ2n) is 4.30. The normalized spacial score (nSPS) is 22.5. The van der Waals surface area contributed by atoms with E-state index in [1.54, 1.807) is 7.11 Å². The lowest BCUT2D eigenvalue weighted by Crippen LogP contribution is -2.42. The van der Waals surface area contributed by atoms with Gasteiger partial charge in [-0.1, -0.05) is 6.42 Å². The van der Waals surface area contributed by atoms with Gasteiger partial charge in [0.1, 0.15) is 0 Å². The van der Waals surface area contributed by atoms with Crippen molar-refractivity contribution in [3.8, 4) is 0 Å². The number of methoxy groups -OCH3 is 1. The summed E-state index contributed by atoms with van der Waals surface area (Å²) in [6, 6.07) is 0.560. The molecule has 1 aliphatic heterocycles. The zero-order chi connectivity index (χ0) is 11.6. The Labute approximate surface area is 98.5 Å². The summed E-state index contributed by atoms with van der Waals surface area (Å²) in [5, 5.41) is 9.00. The molecule has 4 nitrogen and oxygen atoms in total. The van der Waals surface area contributed by atoms with E-state index in [1.165, 1.54) is 19.3 Å². The van der Waals surface area contributed by atoms with E-state index < -0.39 is 0 Å². The second-order valence-corrected chi connectivity index (χ2v) is 4.30. The first-order chi connectivity index (χ1) is 7.88. The van der Waals surface area contributed by atoms with Gasteiger partial charge in [-0.05, 0) is 25.8 Å². The third-order valence-corrected chi connectivity index (χ3v) is 3.17. The fraction of sp³-hybridized carbons (Fsp3) is 1.00. The third kappa shape index (κ3) is 5.25. The van der Waals surface area contributed by atoms with E-state index in [4.69, 9.17) is 14.6 Å². The van der Waals surface area contributed by atoms with Crippen LogP contribution in [0.1, 0.15) is 25.7 Å². The summed E-state index contributed by atoms with van der Waals surface area (Å²) < 4.78 is 10.4. The van der Waals surface area contributed by atoms with E-state index in [-0.39, 0.29) is 0 Å². The highest BCUT2D eigenvalue weighted by Crippen LogP contribution is 2.18. The Balaban J connectivity index is 2.11. The highest BCUT2D eigenvalue weighted by Gasteiger charge is 2.21. The van der Waals surface area contributed by atoms with Crippen molar-refractivity contribution >= 4 is 0 Å². The van der Waals surface area contributed by atoms with Crippen molar-refractivity contribution < 1.29 is 14.6 Å². The molecule has 0 amide bonds. The highest BCUT2D eigenvalue weighted by atomic mass is 16.5. The van der Waals surface area contributed by atoms with Gasteiger partial charge in [0.15, 0.2) is 0 Å². The molecule has 4 heteroatoms. The molecule has 1 atom stereocenters. The molecule has 1 fully saturated rings. The Hall–Kier alpha value is -0.160. The molecule has 0 aromatic carbocycles. The van der Waals surface area contributed by atoms with Gasteiger partial charge in [0.2, 0.25) is 0 Å². The van der Waals surface area contributed by atoms with Crippen LogP contribution in [0.4, 0.5) is 0 Å². The van der Waals surface area contributed by atoms with Crippen LogP contribution in [0.5, 0.6) is 0 Å². The van der Waals surface area contributed by atoms with Crippen molar-refractivity contribution in [2.45, 2.75) is 31.7 Å². The van der Waals surface area contributed by atoms with Gasteiger partial charge in [-0.15, -0.1) is 0 Å². The van der Waals surface area contributed by atoms with Gasteiger partial charge in [-0.2, -0.15) is 0 Å². The summed E-state index contributed by atoms with van der Waals surface area (Å²) in [4.78, 5) is 2.45. The van der Waals surface area contributed by atoms with Crippen LogP contribution in [0.25, 0.3) is 0 Å². The molecular formula is C12H25NO3. The van der Waals surface area contributed by atoms with Gasteiger partial charge in [0, 0.05) is 26.3 Å². The van der Waals surface area contributed by atoms with Crippen LogP contribution in [0.2, 0.25) is 0 Å². The van der Waals surface area contributed by atoms with Crippen LogP contribution in [0.3, 0.4) is 0 Å². The minimum Gasteiger partial charge on any atom is -0.396 e. The lowest BCUT2D eigenvalue weighted by atomic mass is 10.00. The minimum absolute atomic E-state index is 0.297. The predicted octanol–water partition coefficient (Wildman–Crippen LogP) is 0.886. The molecule has 0 bridgehead atoms. The average molecular weight is 231 g/mol. The number of aliphatic hydroxyl groups is 1. The zero-order valence-electron chi connectivity index (χ0n) is 10.4. The molecular weight excluding hydrogens is 206 g/mol. The van der Waals surface area contributed by atoms with E-state index in [0.717, 1.165) is 26.1 Å². The van der Waals surface area contributed by atoms with Gasteiger partial charge in [0.25, 0.3) is 0 Å². The number of likely N-dealkylation sites (tertiary alicyclic amines) is 1. The van der Waals surface area contributed by atoms with Crippen molar-refractivity contribution in [2.75, 3.05) is 46.6 Å². The van der Waals surface area contributed by atoms with Gasteiger partial charge in [-0.25, -0.2) is 0 Å². The smallest absolute Gasteiger partial charge is 0.0700 e. The molecule has 1 N–H and O–H groups in total. The number of hydrogen-bond acceptors (Lipinski definition) is 4. The maximum Gasteiger partial charge on any atom is 0.0700 e. The molecule has 0 aromatic rings. The van der Waals surface area contributed by atoms with Gasteiger partial charge in [-0.3, -0.25) is 4.90 Å². The summed E-state index contributed by atoms with van der Waals surface area (Å²) in [6.07, 6.45) is 4.70. The van der Waals surface area contributed by atoms with Crippen LogP contribution < -0.4 is 0 Å². The second kappa shape index (κ2) is 8.93. The molecule has 1 aliphatic rings. The van der Waals surface area contributed by atoms with Crippen molar-refractivity contribution in [2.24, 2.45) is 0 Å². The van der Waals surface area contributed by atoms with Crippen LogP contribution >= 0.6 is 0 Å². The average Bonchev–Trinajstić information content (AvgIpc) is 2.31. The topological polar surface area (TPSA) is 41.9 Å². The van der Waals surface area contributed by atoms with Crippen LogP contribution in [0.15, 0.2) is 0 Å². The molecule has 0 aromatic heterocycles. The minimum atomic E-state index is 0.297. The Bertz CT molecular complexity index is 164. The quantitative estimate of drug-likeness (QED) is 0.630. The molecule has 1 rings (SSSR count). The lowest BCUT2D eigenvalue weighted by Gasteiger charge is -2.35. The Kier molecular flexibility index (Phi) is 7.76. The predicted molar refractivity (Wildman–Crippen MR) is 63.6 cm³/mol. The number of rotatable bonds is 8. The van der Waals surface area contributed by atoms with E-state index in [9.17, 15) is 0 Å². The van der Waals surface area contributed by atoms with Crippen molar-refractivity contribution in [1.82, 2.24) is 4.90 Å². The van der Waals surface area contributed by atoms with E-state index in [2.05, 4.69) is 4.90 Å². The molecule has 1 saturated heterocycles. The van der Waals surface area contributed by atoms with Gasteiger partial charge in [0.05, 0.1) is 19.8 Å². The van der Waals surface area contributed by atoms with Gasteiger partial charge >= 0.3 is 0 Å². The van der Waals surface area contributed by atoms with Gasteiger partial charge < -0.3 is 14.6 Å². The fourth-order valence-corrected chi connectivity index (χ4v) is 2.26. The standard InChI is InChI=1S/C12H25NO3/c1-15-10-11-16-9-7-13-6-3-2-4-12(13)5-8-14/h12,14H,2-11H2,1H3. The molecule has 0 saturated carbocycles. The van der Waals surface area contributed by atoms with Crippen LogP contribution in [-0.2, 0) is 9.47 Å². The maximum atomic E-state index is 9.00. The number of ether oxygens (including phenoxy) is 2. The fourth-order valence-electron chi connectivity index (χ4n) is 2.26. The monoisotopic (exact) mass is 231 g/mol. The number of hydrogen-bond donors (Lipinski definition) is 1. The lowest BCUT2D eigenvalue weighted by molar-refractivity contribution is 0.0382. The Morgan fingerprint density at radius 2 is 2.12 bits per heavy atom. The van der Waals surface area contributed by atoms with Crippen molar-refractivity contribution in [3.63, 3.8) is 0 Å². The molecule has 0 radical (unpaired) electrons. The largest absolute Gasteiger partial charge is 0.396 e. The molecule has 16 heavy (non-hydrogen) atoms. The maximum absolute atomic E-state index is 9.00. The number of nitrogens with zero attached hydrogens (tertiary/aromatic N) is 1. The molecule has 0 aliphatic carbocycles. The molecule has 0 spiro atoms. The summed E-state index contributed by atoms with van der Waals surface area (Å²) in [6.45, 7) is 4.54. The highest BCUT2D eigenvalue weighted by molar-refractivity contribution is 4.76. The first kappa shape index (κ1) is 13.9. The number of piperidine rings is 1. The first-order valence-corrected chi connectivity index (χ1v) is 6.30. The summed E-state index contributed by atoms with van der Waals surface area (Å²) in [5.41, 5.74) is 0. The summed E-state index contributed by atoms with van der Waals surface area (Å²) >= 11 is 0. The Morgan fingerprint density at radius 3 is 2.88 bits per heavy atom. The Morgan fingerprint density at radius 1 is 1.25 bits per heavy atom. The van der Waals surface area contributed by atoms with Crippen LogP contribution in [0, 0.1) is 0 Å². The van der Waals surface area contributed by atoms with E-state index >= 15 is 0 Å². The van der Waals surface area contributed by atoms with E-state index in [1.807, 2.05) is 0 Å². The number of aliphatic hydroxyl groups excluding tert-OH is 1. The molecule has 1 heterocycles. The molecule has 1 unspecified atom stereocenters. The van der Waals surface area contributed by atoms with Crippen molar-refractivity contribution in [1.29, 1.82) is 0 Å². The molecule has 96 valence electrons.